The van der Waals surface area contributed by atoms with E-state index in [1.54, 1.807) is 0 Å². The Morgan fingerprint density at radius 2 is 1.50 bits per heavy atom. The Hall–Kier alpha value is -0.292. The SMILES string of the molecule is CN(C)c1ccccc1.[Pt]. The van der Waals surface area contributed by atoms with E-state index < -0.39 is 0 Å². The van der Waals surface area contributed by atoms with E-state index >= 15 is 0 Å². The second kappa shape index (κ2) is 4.51. The fourth-order valence-corrected chi connectivity index (χ4v) is 0.726. The zero-order valence-electron chi connectivity index (χ0n) is 6.15. The van der Waals surface area contributed by atoms with E-state index in [0.29, 0.717) is 0 Å². The molecule has 0 aliphatic heterocycles. The summed E-state index contributed by atoms with van der Waals surface area (Å²) in [6.45, 7) is 0. The van der Waals surface area contributed by atoms with E-state index in [1.165, 1.54) is 5.69 Å². The molecule has 0 aliphatic rings. The molecule has 0 saturated heterocycles. The smallest absolute Gasteiger partial charge is 0.0360 e. The molecule has 0 unspecified atom stereocenters. The van der Waals surface area contributed by atoms with Crippen molar-refractivity contribution in [3.8, 4) is 0 Å². The molecule has 0 N–H and O–H groups in total. The first kappa shape index (κ1) is 9.71. The van der Waals surface area contributed by atoms with Crippen LogP contribution in [0, 0.1) is 0 Å². The number of benzene rings is 1. The van der Waals surface area contributed by atoms with Crippen LogP contribution in [0.5, 0.6) is 0 Å². The summed E-state index contributed by atoms with van der Waals surface area (Å²) in [6.07, 6.45) is 0. The van der Waals surface area contributed by atoms with E-state index in [-0.39, 0.29) is 21.1 Å². The Morgan fingerprint density at radius 3 is 1.80 bits per heavy atom. The molecular formula is C8H11NPt. The van der Waals surface area contributed by atoms with Gasteiger partial charge in [-0.15, -0.1) is 0 Å². The van der Waals surface area contributed by atoms with Gasteiger partial charge in [0.1, 0.15) is 0 Å². The standard InChI is InChI=1S/C8H11N.Pt/c1-9(2)8-6-4-3-5-7-8;/h3-7H,1-2H3;. The molecule has 0 saturated carbocycles. The number of anilines is 1. The molecule has 0 fully saturated rings. The molecule has 0 amide bonds. The number of hydrogen-bond acceptors (Lipinski definition) is 1. The van der Waals surface area contributed by atoms with Crippen molar-refractivity contribution in [3.63, 3.8) is 0 Å². The first-order chi connectivity index (χ1) is 4.30. The van der Waals surface area contributed by atoms with Crippen molar-refractivity contribution in [1.29, 1.82) is 0 Å². The maximum absolute atomic E-state index is 2.08. The zero-order chi connectivity index (χ0) is 6.69. The Morgan fingerprint density at radius 1 is 1.00 bits per heavy atom. The third kappa shape index (κ3) is 2.53. The molecule has 1 aromatic rings. The van der Waals surface area contributed by atoms with Crippen LogP contribution in [-0.2, 0) is 21.1 Å². The van der Waals surface area contributed by atoms with Crippen LogP contribution < -0.4 is 4.90 Å². The largest absolute Gasteiger partial charge is 0.378 e. The monoisotopic (exact) mass is 316 g/mol. The molecule has 1 rings (SSSR count). The van der Waals surface area contributed by atoms with Crippen LogP contribution in [0.15, 0.2) is 30.3 Å². The second-order valence-corrected chi connectivity index (χ2v) is 2.23. The molecular weight excluding hydrogens is 305 g/mol. The van der Waals surface area contributed by atoms with Gasteiger partial charge in [0.2, 0.25) is 0 Å². The maximum atomic E-state index is 2.08. The summed E-state index contributed by atoms with van der Waals surface area (Å²) in [7, 11) is 4.07. The van der Waals surface area contributed by atoms with Crippen LogP contribution in [0.4, 0.5) is 5.69 Å². The average molecular weight is 316 g/mol. The first-order valence-corrected chi connectivity index (χ1v) is 3.03. The quantitative estimate of drug-likeness (QED) is 0.763. The Labute approximate surface area is 76.3 Å². The fraction of sp³-hybridized carbons (Fsp3) is 0.250. The van der Waals surface area contributed by atoms with Crippen molar-refractivity contribution in [1.82, 2.24) is 0 Å². The Bertz CT molecular complexity index is 172. The summed E-state index contributed by atoms with van der Waals surface area (Å²) in [5.41, 5.74) is 1.25. The van der Waals surface area contributed by atoms with Crippen LogP contribution >= 0.6 is 0 Å². The summed E-state index contributed by atoms with van der Waals surface area (Å²) < 4.78 is 0. The van der Waals surface area contributed by atoms with Crippen LogP contribution in [0.3, 0.4) is 0 Å². The van der Waals surface area contributed by atoms with Crippen molar-refractivity contribution in [2.75, 3.05) is 19.0 Å². The first-order valence-electron chi connectivity index (χ1n) is 3.03. The van der Waals surface area contributed by atoms with E-state index in [2.05, 4.69) is 17.0 Å². The molecule has 1 nitrogen and oxygen atoms in total. The Kier molecular flexibility index (Phi) is 4.38. The summed E-state index contributed by atoms with van der Waals surface area (Å²) in [5.74, 6) is 0. The van der Waals surface area contributed by atoms with Crippen molar-refractivity contribution in [2.45, 2.75) is 0 Å². The number of nitrogens with zero attached hydrogens (tertiary/aromatic N) is 1. The van der Waals surface area contributed by atoms with E-state index in [1.807, 2.05) is 32.3 Å². The summed E-state index contributed by atoms with van der Waals surface area (Å²) >= 11 is 0. The van der Waals surface area contributed by atoms with E-state index in [9.17, 15) is 0 Å². The minimum Gasteiger partial charge on any atom is -0.378 e. The molecule has 0 aliphatic carbocycles. The normalized spacial score (nSPS) is 8.20. The van der Waals surface area contributed by atoms with Gasteiger partial charge in [0.25, 0.3) is 0 Å². The molecule has 10 heavy (non-hydrogen) atoms. The van der Waals surface area contributed by atoms with Gasteiger partial charge in [0, 0.05) is 40.8 Å². The molecule has 58 valence electrons. The van der Waals surface area contributed by atoms with Crippen molar-refractivity contribution in [2.24, 2.45) is 0 Å². The third-order valence-electron chi connectivity index (χ3n) is 1.27. The van der Waals surface area contributed by atoms with Gasteiger partial charge >= 0.3 is 0 Å². The van der Waals surface area contributed by atoms with E-state index in [4.69, 9.17) is 0 Å². The van der Waals surface area contributed by atoms with Gasteiger partial charge in [-0.1, -0.05) is 18.2 Å². The molecule has 0 aromatic heterocycles. The maximum Gasteiger partial charge on any atom is 0.0360 e. The molecule has 0 bridgehead atoms. The van der Waals surface area contributed by atoms with Gasteiger partial charge in [-0.05, 0) is 12.1 Å². The van der Waals surface area contributed by atoms with Crippen LogP contribution in [0.2, 0.25) is 0 Å². The Balaban J connectivity index is 0.000000810. The predicted molar refractivity (Wildman–Crippen MR) is 40.8 cm³/mol. The molecule has 0 spiro atoms. The summed E-state index contributed by atoms with van der Waals surface area (Å²) in [6, 6.07) is 10.3. The van der Waals surface area contributed by atoms with Gasteiger partial charge in [-0.3, -0.25) is 0 Å². The summed E-state index contributed by atoms with van der Waals surface area (Å²) in [4.78, 5) is 2.08. The van der Waals surface area contributed by atoms with Crippen LogP contribution in [0.1, 0.15) is 0 Å². The molecule has 0 atom stereocenters. The van der Waals surface area contributed by atoms with Gasteiger partial charge in [-0.25, -0.2) is 0 Å². The van der Waals surface area contributed by atoms with Crippen molar-refractivity contribution >= 4 is 5.69 Å². The minimum absolute atomic E-state index is 0. The number of para-hydroxylation sites is 1. The molecule has 1 aromatic carbocycles. The summed E-state index contributed by atoms with van der Waals surface area (Å²) in [5, 5.41) is 0. The average Bonchev–Trinajstić information content (AvgIpc) is 1.90. The van der Waals surface area contributed by atoms with Gasteiger partial charge < -0.3 is 4.90 Å². The second-order valence-electron chi connectivity index (χ2n) is 2.23. The number of rotatable bonds is 1. The predicted octanol–water partition coefficient (Wildman–Crippen LogP) is 1.75. The zero-order valence-corrected chi connectivity index (χ0v) is 8.42. The van der Waals surface area contributed by atoms with Crippen LogP contribution in [0.25, 0.3) is 0 Å². The minimum atomic E-state index is 0. The van der Waals surface area contributed by atoms with Crippen molar-refractivity contribution in [3.05, 3.63) is 30.3 Å². The van der Waals surface area contributed by atoms with Gasteiger partial charge in [0.05, 0.1) is 0 Å². The topological polar surface area (TPSA) is 3.24 Å². The van der Waals surface area contributed by atoms with Gasteiger partial charge in [0.15, 0.2) is 0 Å². The molecule has 2 heteroatoms. The van der Waals surface area contributed by atoms with Crippen molar-refractivity contribution < 1.29 is 21.1 Å². The molecule has 0 heterocycles. The number of hydrogen-bond donors (Lipinski definition) is 0. The molecule has 0 radical (unpaired) electrons. The van der Waals surface area contributed by atoms with Crippen LogP contribution in [-0.4, -0.2) is 14.1 Å². The third-order valence-corrected chi connectivity index (χ3v) is 1.27. The van der Waals surface area contributed by atoms with E-state index in [0.717, 1.165) is 0 Å². The fourth-order valence-electron chi connectivity index (χ4n) is 0.726. The van der Waals surface area contributed by atoms with Gasteiger partial charge in [-0.2, -0.15) is 0 Å².